The first kappa shape index (κ1) is 15.6. The molecule has 0 aromatic heterocycles. The molecule has 2 rings (SSSR count). The van der Waals surface area contributed by atoms with E-state index in [9.17, 15) is 9.90 Å². The van der Waals surface area contributed by atoms with Gasteiger partial charge in [0.1, 0.15) is 0 Å². The van der Waals surface area contributed by atoms with Gasteiger partial charge in [0.15, 0.2) is 0 Å². The Balaban J connectivity index is 1.95. The number of alkyl carbamates (subject to hydrolysis) is 1. The van der Waals surface area contributed by atoms with E-state index in [-0.39, 0.29) is 24.2 Å². The average molecular weight is 284 g/mol. The lowest BCUT2D eigenvalue weighted by molar-refractivity contribution is -0.0103. The summed E-state index contributed by atoms with van der Waals surface area (Å²) < 4.78 is 4.97. The summed E-state index contributed by atoms with van der Waals surface area (Å²) in [5.74, 6) is 0.953. The Bertz CT molecular complexity index is 335. The molecule has 2 N–H and O–H groups in total. The number of piperidine rings is 1. The highest BCUT2D eigenvalue weighted by molar-refractivity contribution is 5.67. The van der Waals surface area contributed by atoms with Gasteiger partial charge < -0.3 is 15.2 Å². The van der Waals surface area contributed by atoms with Gasteiger partial charge in [0.05, 0.1) is 12.7 Å². The molecule has 1 aliphatic carbocycles. The fourth-order valence-corrected chi connectivity index (χ4v) is 3.43. The van der Waals surface area contributed by atoms with Gasteiger partial charge in [0.2, 0.25) is 0 Å². The summed E-state index contributed by atoms with van der Waals surface area (Å²) in [5, 5.41) is 12.9. The summed E-state index contributed by atoms with van der Waals surface area (Å²) in [7, 11) is 0. The number of nitrogens with one attached hydrogen (secondary N) is 1. The van der Waals surface area contributed by atoms with Crippen molar-refractivity contribution in [3.8, 4) is 0 Å². The summed E-state index contributed by atoms with van der Waals surface area (Å²) in [6.07, 6.45) is 2.68. The van der Waals surface area contributed by atoms with Crippen molar-refractivity contribution in [3.05, 3.63) is 0 Å². The minimum Gasteiger partial charge on any atom is -0.450 e. The van der Waals surface area contributed by atoms with E-state index in [0.29, 0.717) is 12.6 Å². The van der Waals surface area contributed by atoms with Crippen LogP contribution in [0, 0.1) is 11.8 Å². The number of amides is 1. The van der Waals surface area contributed by atoms with Crippen LogP contribution in [0.25, 0.3) is 0 Å². The zero-order chi connectivity index (χ0) is 14.7. The summed E-state index contributed by atoms with van der Waals surface area (Å²) in [6.45, 7) is 8.14. The van der Waals surface area contributed by atoms with Crippen molar-refractivity contribution in [2.24, 2.45) is 11.8 Å². The molecule has 1 saturated carbocycles. The van der Waals surface area contributed by atoms with E-state index in [0.717, 1.165) is 25.4 Å². The van der Waals surface area contributed by atoms with Crippen LogP contribution in [0.5, 0.6) is 0 Å². The van der Waals surface area contributed by atoms with Crippen LogP contribution in [0.15, 0.2) is 0 Å². The van der Waals surface area contributed by atoms with Crippen molar-refractivity contribution in [2.45, 2.75) is 58.2 Å². The smallest absolute Gasteiger partial charge is 0.407 e. The van der Waals surface area contributed by atoms with Gasteiger partial charge in [0, 0.05) is 25.2 Å². The third kappa shape index (κ3) is 3.64. The Morgan fingerprint density at radius 3 is 2.70 bits per heavy atom. The van der Waals surface area contributed by atoms with Crippen molar-refractivity contribution < 1.29 is 14.6 Å². The van der Waals surface area contributed by atoms with E-state index in [1.165, 1.54) is 12.8 Å². The predicted octanol–water partition coefficient (Wildman–Crippen LogP) is 1.60. The number of rotatable bonds is 4. The zero-order valence-corrected chi connectivity index (χ0v) is 12.8. The third-order valence-corrected chi connectivity index (χ3v) is 4.83. The average Bonchev–Trinajstić information content (AvgIpc) is 2.36. The highest BCUT2D eigenvalue weighted by atomic mass is 16.5. The fourth-order valence-electron chi connectivity index (χ4n) is 3.43. The minimum absolute atomic E-state index is 0.0789. The van der Waals surface area contributed by atoms with Crippen LogP contribution in [0.3, 0.4) is 0 Å². The zero-order valence-electron chi connectivity index (χ0n) is 12.8. The maximum atomic E-state index is 11.6. The molecule has 0 aromatic rings. The maximum Gasteiger partial charge on any atom is 0.407 e. The molecule has 1 aliphatic heterocycles. The SMILES string of the molecule is CCOC(=O)NC1CC(C(C)O)CN(C2CCC2C)C1. The van der Waals surface area contributed by atoms with Gasteiger partial charge in [-0.15, -0.1) is 0 Å². The van der Waals surface area contributed by atoms with Crippen LogP contribution in [-0.2, 0) is 4.74 Å². The van der Waals surface area contributed by atoms with Crippen LogP contribution in [0.1, 0.15) is 40.0 Å². The van der Waals surface area contributed by atoms with Crippen molar-refractivity contribution in [3.63, 3.8) is 0 Å². The first-order chi connectivity index (χ1) is 9.51. The third-order valence-electron chi connectivity index (χ3n) is 4.83. The molecule has 116 valence electrons. The van der Waals surface area contributed by atoms with Crippen LogP contribution in [0.2, 0.25) is 0 Å². The van der Waals surface area contributed by atoms with Gasteiger partial charge in [-0.25, -0.2) is 4.79 Å². The summed E-state index contributed by atoms with van der Waals surface area (Å²) in [5.41, 5.74) is 0. The van der Waals surface area contributed by atoms with Crippen molar-refractivity contribution in [1.82, 2.24) is 10.2 Å². The molecule has 0 radical (unpaired) electrons. The Hall–Kier alpha value is -0.810. The summed E-state index contributed by atoms with van der Waals surface area (Å²) >= 11 is 0. The van der Waals surface area contributed by atoms with E-state index < -0.39 is 0 Å². The van der Waals surface area contributed by atoms with Gasteiger partial charge in [-0.05, 0) is 44.9 Å². The number of likely N-dealkylation sites (tertiary alicyclic amines) is 1. The monoisotopic (exact) mass is 284 g/mol. The molecular weight excluding hydrogens is 256 g/mol. The van der Waals surface area contributed by atoms with Crippen LogP contribution in [0.4, 0.5) is 4.79 Å². The molecule has 0 bridgehead atoms. The maximum absolute atomic E-state index is 11.6. The normalized spacial score (nSPS) is 36.0. The fraction of sp³-hybridized carbons (Fsp3) is 0.933. The Kier molecular flexibility index (Phi) is 5.27. The molecule has 5 unspecified atom stereocenters. The molecule has 1 heterocycles. The number of carbonyl (C=O) groups excluding carboxylic acids is 1. The quantitative estimate of drug-likeness (QED) is 0.823. The highest BCUT2D eigenvalue weighted by Crippen LogP contribution is 2.34. The van der Waals surface area contributed by atoms with Crippen LogP contribution < -0.4 is 5.32 Å². The number of hydrogen-bond donors (Lipinski definition) is 2. The van der Waals surface area contributed by atoms with Gasteiger partial charge in [-0.1, -0.05) is 6.92 Å². The molecule has 2 fully saturated rings. The molecular formula is C15H28N2O3. The topological polar surface area (TPSA) is 61.8 Å². The molecule has 5 heteroatoms. The second-order valence-electron chi connectivity index (χ2n) is 6.37. The van der Waals surface area contributed by atoms with Gasteiger partial charge in [0.25, 0.3) is 0 Å². The summed E-state index contributed by atoms with van der Waals surface area (Å²) in [4.78, 5) is 14.0. The van der Waals surface area contributed by atoms with Crippen molar-refractivity contribution in [1.29, 1.82) is 0 Å². The lowest BCUT2D eigenvalue weighted by Gasteiger charge is -2.48. The number of carbonyl (C=O) groups is 1. The Morgan fingerprint density at radius 2 is 2.20 bits per heavy atom. The van der Waals surface area contributed by atoms with E-state index in [4.69, 9.17) is 4.74 Å². The largest absolute Gasteiger partial charge is 0.450 e. The predicted molar refractivity (Wildman–Crippen MR) is 77.5 cm³/mol. The second kappa shape index (κ2) is 6.76. The van der Waals surface area contributed by atoms with Crippen molar-refractivity contribution >= 4 is 6.09 Å². The first-order valence-corrected chi connectivity index (χ1v) is 7.86. The number of ether oxygens (including phenoxy) is 1. The Labute approximate surface area is 121 Å². The molecule has 5 atom stereocenters. The molecule has 1 saturated heterocycles. The minimum atomic E-state index is -0.342. The molecule has 5 nitrogen and oxygen atoms in total. The van der Waals surface area contributed by atoms with Crippen molar-refractivity contribution in [2.75, 3.05) is 19.7 Å². The first-order valence-electron chi connectivity index (χ1n) is 7.86. The van der Waals surface area contributed by atoms with Crippen LogP contribution >= 0.6 is 0 Å². The van der Waals surface area contributed by atoms with E-state index in [1.54, 1.807) is 6.92 Å². The lowest BCUT2D eigenvalue weighted by atomic mass is 9.77. The number of hydrogen-bond acceptors (Lipinski definition) is 4. The molecule has 1 amide bonds. The highest BCUT2D eigenvalue weighted by Gasteiger charge is 2.39. The summed E-state index contributed by atoms with van der Waals surface area (Å²) in [6, 6.07) is 0.693. The molecule has 20 heavy (non-hydrogen) atoms. The number of aliphatic hydroxyl groups excluding tert-OH is 1. The van der Waals surface area contributed by atoms with Gasteiger partial charge in [-0.2, -0.15) is 0 Å². The molecule has 0 aromatic carbocycles. The second-order valence-corrected chi connectivity index (χ2v) is 6.37. The number of aliphatic hydroxyl groups is 1. The standard InChI is InChI=1S/C15H28N2O3/c1-4-20-15(19)16-13-7-12(11(3)18)8-17(9-13)14-6-5-10(14)2/h10-14,18H,4-9H2,1-3H3,(H,16,19). The number of nitrogens with zero attached hydrogens (tertiary/aromatic N) is 1. The van der Waals surface area contributed by atoms with E-state index in [1.807, 2.05) is 6.92 Å². The molecule has 2 aliphatic rings. The Morgan fingerprint density at radius 1 is 1.45 bits per heavy atom. The van der Waals surface area contributed by atoms with E-state index >= 15 is 0 Å². The van der Waals surface area contributed by atoms with Gasteiger partial charge >= 0.3 is 6.09 Å². The van der Waals surface area contributed by atoms with E-state index in [2.05, 4.69) is 17.1 Å². The van der Waals surface area contributed by atoms with Crippen LogP contribution in [-0.4, -0.2) is 54.0 Å². The molecule has 0 spiro atoms. The van der Waals surface area contributed by atoms with Gasteiger partial charge in [-0.3, -0.25) is 4.90 Å². The lowest BCUT2D eigenvalue weighted by Crippen LogP contribution is -2.58.